The Bertz CT molecular complexity index is 613. The molecule has 156 valence electrons. The molecule has 1 aromatic carbocycles. The number of para-hydroxylation sites is 1. The van der Waals surface area contributed by atoms with Crippen molar-refractivity contribution in [3.8, 4) is 0 Å². The first-order chi connectivity index (χ1) is 13.7. The molecule has 2 amide bonds. The zero-order valence-corrected chi connectivity index (χ0v) is 19.2. The van der Waals surface area contributed by atoms with Gasteiger partial charge in [-0.05, 0) is 42.7 Å². The van der Waals surface area contributed by atoms with E-state index < -0.39 is 0 Å². The fraction of sp³-hybridized carbons (Fsp3) is 0.696. The van der Waals surface area contributed by atoms with E-state index in [9.17, 15) is 4.79 Å². The summed E-state index contributed by atoms with van der Waals surface area (Å²) in [4.78, 5) is 12.9. The third-order valence-corrected chi connectivity index (χ3v) is 9.73. The first-order valence-electron chi connectivity index (χ1n) is 11.1. The minimum Gasteiger partial charge on any atom is -0.336 e. The van der Waals surface area contributed by atoms with E-state index in [4.69, 9.17) is 0 Å². The molecule has 2 aliphatic rings. The number of thioether (sulfide) groups is 2. The molecule has 28 heavy (non-hydrogen) atoms. The van der Waals surface area contributed by atoms with Gasteiger partial charge < -0.3 is 10.6 Å². The number of carbonyl (C=O) groups excluding carboxylic acids is 1. The van der Waals surface area contributed by atoms with Crippen LogP contribution >= 0.6 is 23.5 Å². The Balaban J connectivity index is 1.66. The van der Waals surface area contributed by atoms with Gasteiger partial charge in [-0.2, -0.15) is 0 Å². The van der Waals surface area contributed by atoms with Crippen molar-refractivity contribution < 1.29 is 4.79 Å². The fourth-order valence-electron chi connectivity index (χ4n) is 4.63. The lowest BCUT2D eigenvalue weighted by atomic mass is 9.86. The molecular formula is C23H36N2OS2. The van der Waals surface area contributed by atoms with Gasteiger partial charge in [-0.1, -0.05) is 64.2 Å². The second-order valence-corrected chi connectivity index (χ2v) is 11.2. The molecule has 5 heteroatoms. The maximum absolute atomic E-state index is 12.9. The molecule has 1 aliphatic carbocycles. The number of anilines is 1. The van der Waals surface area contributed by atoms with E-state index in [1.54, 1.807) is 0 Å². The highest BCUT2D eigenvalue weighted by Crippen LogP contribution is 2.52. The second-order valence-electron chi connectivity index (χ2n) is 8.10. The van der Waals surface area contributed by atoms with Crippen LogP contribution in [0, 0.1) is 5.92 Å². The largest absolute Gasteiger partial charge is 0.336 e. The maximum Gasteiger partial charge on any atom is 0.319 e. The third-order valence-electron chi connectivity index (χ3n) is 6.01. The van der Waals surface area contributed by atoms with Crippen LogP contribution in [0.15, 0.2) is 18.2 Å². The molecule has 0 bridgehead atoms. The molecule has 0 atom stereocenters. The zero-order chi connectivity index (χ0) is 19.8. The van der Waals surface area contributed by atoms with Crippen molar-refractivity contribution in [2.75, 3.05) is 23.4 Å². The predicted octanol–water partition coefficient (Wildman–Crippen LogP) is 6.47. The Morgan fingerprint density at radius 3 is 2.21 bits per heavy atom. The van der Waals surface area contributed by atoms with Gasteiger partial charge in [0.25, 0.3) is 0 Å². The molecule has 3 rings (SSSR count). The van der Waals surface area contributed by atoms with Crippen LogP contribution in [0.3, 0.4) is 0 Å². The van der Waals surface area contributed by atoms with Crippen LogP contribution in [0.4, 0.5) is 10.5 Å². The molecule has 0 spiro atoms. The summed E-state index contributed by atoms with van der Waals surface area (Å²) in [5.41, 5.74) is 3.56. The van der Waals surface area contributed by atoms with Gasteiger partial charge in [-0.25, -0.2) is 4.79 Å². The summed E-state index contributed by atoms with van der Waals surface area (Å²) in [6.45, 7) is 5.16. The number of carbonyl (C=O) groups is 1. The average molecular weight is 421 g/mol. The Morgan fingerprint density at radius 1 is 1.04 bits per heavy atom. The summed E-state index contributed by atoms with van der Waals surface area (Å²) in [5.74, 6) is 3.16. The van der Waals surface area contributed by atoms with Gasteiger partial charge in [0.2, 0.25) is 0 Å². The summed E-state index contributed by atoms with van der Waals surface area (Å²) < 4.78 is 0.187. The van der Waals surface area contributed by atoms with Crippen LogP contribution < -0.4 is 10.6 Å². The Morgan fingerprint density at radius 2 is 1.64 bits per heavy atom. The topological polar surface area (TPSA) is 41.1 Å². The van der Waals surface area contributed by atoms with E-state index >= 15 is 0 Å². The second kappa shape index (κ2) is 10.8. The van der Waals surface area contributed by atoms with E-state index in [0.29, 0.717) is 0 Å². The Labute approximate surface area is 179 Å². The maximum atomic E-state index is 12.9. The molecule has 3 nitrogen and oxygen atoms in total. The van der Waals surface area contributed by atoms with Crippen molar-refractivity contribution in [2.24, 2.45) is 5.92 Å². The van der Waals surface area contributed by atoms with Crippen molar-refractivity contribution in [1.82, 2.24) is 5.32 Å². The van der Waals surface area contributed by atoms with Crippen molar-refractivity contribution in [3.05, 3.63) is 29.3 Å². The minimum absolute atomic E-state index is 0.0378. The number of aryl methyl sites for hydroxylation is 2. The van der Waals surface area contributed by atoms with Crippen LogP contribution in [-0.2, 0) is 12.8 Å². The molecule has 1 heterocycles. The number of urea groups is 1. The Hall–Kier alpha value is -0.810. The van der Waals surface area contributed by atoms with E-state index in [1.165, 1.54) is 54.7 Å². The predicted molar refractivity (Wildman–Crippen MR) is 126 cm³/mol. The van der Waals surface area contributed by atoms with Crippen LogP contribution in [0.25, 0.3) is 0 Å². The molecule has 2 N–H and O–H groups in total. The molecule has 0 aromatic heterocycles. The van der Waals surface area contributed by atoms with E-state index in [-0.39, 0.29) is 10.1 Å². The first-order valence-corrected chi connectivity index (χ1v) is 13.1. The van der Waals surface area contributed by atoms with Gasteiger partial charge >= 0.3 is 6.03 Å². The van der Waals surface area contributed by atoms with Gasteiger partial charge in [0, 0.05) is 23.7 Å². The fourth-order valence-corrected chi connectivity index (χ4v) is 8.11. The molecule has 0 radical (unpaired) electrons. The molecule has 1 saturated carbocycles. The van der Waals surface area contributed by atoms with Crippen LogP contribution in [0.2, 0.25) is 0 Å². The molecule has 1 aromatic rings. The number of hydrogen-bond donors (Lipinski definition) is 2. The highest BCUT2D eigenvalue weighted by atomic mass is 32.2. The lowest BCUT2D eigenvalue weighted by molar-refractivity contribution is 0.249. The lowest BCUT2D eigenvalue weighted by Crippen LogP contribution is -2.44. The normalized spacial score (nSPS) is 19.5. The van der Waals surface area contributed by atoms with Gasteiger partial charge in [-0.3, -0.25) is 0 Å². The average Bonchev–Trinajstić information content (AvgIpc) is 3.20. The van der Waals surface area contributed by atoms with Gasteiger partial charge in [0.1, 0.15) is 0 Å². The van der Waals surface area contributed by atoms with Crippen LogP contribution in [-0.4, -0.2) is 28.2 Å². The van der Waals surface area contributed by atoms with Gasteiger partial charge in [0.05, 0.1) is 4.08 Å². The summed E-state index contributed by atoms with van der Waals surface area (Å²) in [5, 5.41) is 6.48. The minimum atomic E-state index is -0.0378. The summed E-state index contributed by atoms with van der Waals surface area (Å²) in [6, 6.07) is 6.40. The van der Waals surface area contributed by atoms with E-state index in [2.05, 4.69) is 66.2 Å². The smallest absolute Gasteiger partial charge is 0.319 e. The van der Waals surface area contributed by atoms with Crippen molar-refractivity contribution in [2.45, 2.75) is 75.7 Å². The number of amides is 2. The first kappa shape index (κ1) is 21.9. The van der Waals surface area contributed by atoms with Crippen molar-refractivity contribution >= 4 is 35.2 Å². The third kappa shape index (κ3) is 5.41. The van der Waals surface area contributed by atoms with Gasteiger partial charge in [-0.15, -0.1) is 23.5 Å². The zero-order valence-electron chi connectivity index (χ0n) is 17.5. The SMILES string of the molecule is CCCc1cccc(CCC)c1NC(=O)NCC1(C2CCCCC2)SCCS1. The molecule has 1 saturated heterocycles. The number of benzene rings is 1. The van der Waals surface area contributed by atoms with Crippen LogP contribution in [0.1, 0.15) is 69.9 Å². The van der Waals surface area contributed by atoms with E-state index in [1.807, 2.05) is 0 Å². The van der Waals surface area contributed by atoms with Gasteiger partial charge in [0.15, 0.2) is 0 Å². The molecule has 0 unspecified atom stereocenters. The summed E-state index contributed by atoms with van der Waals surface area (Å²) in [6.07, 6.45) is 10.9. The summed E-state index contributed by atoms with van der Waals surface area (Å²) >= 11 is 4.18. The highest BCUT2D eigenvalue weighted by Gasteiger charge is 2.43. The Kier molecular flexibility index (Phi) is 8.46. The monoisotopic (exact) mass is 420 g/mol. The summed E-state index contributed by atoms with van der Waals surface area (Å²) in [7, 11) is 0. The van der Waals surface area contributed by atoms with Crippen molar-refractivity contribution in [1.29, 1.82) is 0 Å². The molecule has 1 aliphatic heterocycles. The van der Waals surface area contributed by atoms with E-state index in [0.717, 1.165) is 43.8 Å². The lowest BCUT2D eigenvalue weighted by Gasteiger charge is -2.38. The molecule has 2 fully saturated rings. The number of nitrogens with one attached hydrogen (secondary N) is 2. The number of rotatable bonds is 8. The highest BCUT2D eigenvalue weighted by molar-refractivity contribution is 8.21. The van der Waals surface area contributed by atoms with Crippen LogP contribution in [0.5, 0.6) is 0 Å². The quantitative estimate of drug-likeness (QED) is 0.506. The number of hydrogen-bond acceptors (Lipinski definition) is 3. The standard InChI is InChI=1S/C23H36N2OS2/c1-3-9-18-11-8-12-19(10-4-2)21(18)25-22(26)24-17-23(27-15-16-28-23)20-13-6-5-7-14-20/h8,11-12,20H,3-7,9-10,13-17H2,1-2H3,(H2,24,25,26). The van der Waals surface area contributed by atoms with Crippen molar-refractivity contribution in [3.63, 3.8) is 0 Å². The molecular weight excluding hydrogens is 384 g/mol.